The number of benzene rings is 2. The summed E-state index contributed by atoms with van der Waals surface area (Å²) in [6.45, 7) is 0.276. The van der Waals surface area contributed by atoms with Crippen molar-refractivity contribution in [1.29, 1.82) is 0 Å². The van der Waals surface area contributed by atoms with E-state index in [1.54, 1.807) is 55.6 Å². The van der Waals surface area contributed by atoms with Gasteiger partial charge in [0, 0.05) is 23.0 Å². The second-order valence-corrected chi connectivity index (χ2v) is 8.39. The third kappa shape index (κ3) is 5.19. The summed E-state index contributed by atoms with van der Waals surface area (Å²) in [7, 11) is 1.55. The van der Waals surface area contributed by atoms with E-state index in [9.17, 15) is 19.5 Å². The average molecular weight is 502 g/mol. The smallest absolute Gasteiger partial charge is 0.303 e. The van der Waals surface area contributed by atoms with E-state index < -0.39 is 23.7 Å². The molecule has 0 unspecified atom stereocenters. The molecule has 0 bridgehead atoms. The van der Waals surface area contributed by atoms with E-state index in [4.69, 9.17) is 9.84 Å². The number of hydrogen-bond donors (Lipinski definition) is 2. The van der Waals surface area contributed by atoms with Gasteiger partial charge >= 0.3 is 5.97 Å². The molecular formula is C24H24BrNO6. The van der Waals surface area contributed by atoms with Gasteiger partial charge in [0.2, 0.25) is 0 Å². The summed E-state index contributed by atoms with van der Waals surface area (Å²) in [4.78, 5) is 38.0. The number of aliphatic carboxylic acids is 1. The second-order valence-electron chi connectivity index (χ2n) is 7.48. The van der Waals surface area contributed by atoms with E-state index in [0.29, 0.717) is 36.1 Å². The van der Waals surface area contributed by atoms with Gasteiger partial charge in [-0.15, -0.1) is 0 Å². The van der Waals surface area contributed by atoms with Crippen molar-refractivity contribution >= 4 is 39.3 Å². The van der Waals surface area contributed by atoms with Crippen molar-refractivity contribution in [3.05, 3.63) is 69.7 Å². The Morgan fingerprint density at radius 3 is 2.25 bits per heavy atom. The monoisotopic (exact) mass is 501 g/mol. The van der Waals surface area contributed by atoms with Crippen LogP contribution >= 0.6 is 15.9 Å². The Balaban J connectivity index is 1.97. The number of carbonyl (C=O) groups excluding carboxylic acids is 2. The highest BCUT2D eigenvalue weighted by atomic mass is 79.9. The Labute approximate surface area is 194 Å². The number of nitrogens with zero attached hydrogens (tertiary/aromatic N) is 1. The molecule has 1 aliphatic heterocycles. The molecule has 32 heavy (non-hydrogen) atoms. The fourth-order valence-corrected chi connectivity index (χ4v) is 4.01. The van der Waals surface area contributed by atoms with Crippen LogP contribution in [0.4, 0.5) is 0 Å². The predicted octanol–water partition coefficient (Wildman–Crippen LogP) is 4.52. The number of ketones is 1. The zero-order valence-electron chi connectivity index (χ0n) is 17.6. The maximum atomic E-state index is 13.0. The van der Waals surface area contributed by atoms with E-state index in [-0.39, 0.29) is 24.3 Å². The number of hydrogen-bond acceptors (Lipinski definition) is 5. The topological polar surface area (TPSA) is 104 Å². The van der Waals surface area contributed by atoms with Crippen LogP contribution in [-0.2, 0) is 14.4 Å². The van der Waals surface area contributed by atoms with Crippen LogP contribution in [-0.4, -0.2) is 46.4 Å². The quantitative estimate of drug-likeness (QED) is 0.226. The largest absolute Gasteiger partial charge is 0.507 e. The van der Waals surface area contributed by atoms with Crippen molar-refractivity contribution in [2.45, 2.75) is 31.7 Å². The zero-order chi connectivity index (χ0) is 23.3. The molecule has 0 radical (unpaired) electrons. The molecule has 0 aliphatic carbocycles. The Bertz CT molecular complexity index is 1030. The summed E-state index contributed by atoms with van der Waals surface area (Å²) in [6.07, 6.45) is 1.71. The Morgan fingerprint density at radius 1 is 1.00 bits per heavy atom. The number of unbranched alkanes of at least 4 members (excludes halogenated alkanes) is 2. The molecule has 2 aromatic rings. The number of methoxy groups -OCH3 is 1. The number of halogens is 1. The van der Waals surface area contributed by atoms with E-state index in [1.807, 2.05) is 0 Å². The van der Waals surface area contributed by atoms with Gasteiger partial charge in [-0.1, -0.05) is 46.6 Å². The SMILES string of the molecule is COc1ccc([C@@H]2C(=C(O)c3ccc(Br)cc3)C(=O)C(=O)N2CCCCCC(=O)O)cc1. The lowest BCUT2D eigenvalue weighted by atomic mass is 9.95. The second kappa shape index (κ2) is 10.5. The van der Waals surface area contributed by atoms with Crippen LogP contribution < -0.4 is 4.74 Å². The van der Waals surface area contributed by atoms with Crippen LogP contribution in [0.2, 0.25) is 0 Å². The van der Waals surface area contributed by atoms with Crippen LogP contribution in [0.3, 0.4) is 0 Å². The van der Waals surface area contributed by atoms with Crippen LogP contribution in [0.15, 0.2) is 58.6 Å². The van der Waals surface area contributed by atoms with E-state index in [2.05, 4.69) is 15.9 Å². The number of rotatable bonds is 9. The summed E-state index contributed by atoms with van der Waals surface area (Å²) < 4.78 is 6.03. The van der Waals surface area contributed by atoms with Gasteiger partial charge in [0.1, 0.15) is 11.5 Å². The van der Waals surface area contributed by atoms with Crippen molar-refractivity contribution in [3.63, 3.8) is 0 Å². The average Bonchev–Trinajstić information content (AvgIpc) is 3.03. The highest BCUT2D eigenvalue weighted by Crippen LogP contribution is 2.40. The molecule has 1 heterocycles. The lowest BCUT2D eigenvalue weighted by Crippen LogP contribution is -2.30. The molecule has 7 nitrogen and oxygen atoms in total. The van der Waals surface area contributed by atoms with Crippen LogP contribution in [0.1, 0.15) is 42.9 Å². The number of carbonyl (C=O) groups is 3. The van der Waals surface area contributed by atoms with Crippen LogP contribution in [0.25, 0.3) is 5.76 Å². The number of ether oxygens (including phenoxy) is 1. The molecule has 2 N–H and O–H groups in total. The number of Topliss-reactive ketones (excluding diaryl/α,β-unsaturated/α-hetero) is 1. The van der Waals surface area contributed by atoms with Crippen molar-refractivity contribution in [2.24, 2.45) is 0 Å². The molecule has 2 aromatic carbocycles. The first-order valence-corrected chi connectivity index (χ1v) is 11.0. The lowest BCUT2D eigenvalue weighted by Gasteiger charge is -2.25. The minimum absolute atomic E-state index is 0.0352. The third-order valence-electron chi connectivity index (χ3n) is 5.38. The minimum Gasteiger partial charge on any atom is -0.507 e. The molecule has 3 rings (SSSR count). The van der Waals surface area contributed by atoms with Gasteiger partial charge in [0.05, 0.1) is 18.7 Å². The van der Waals surface area contributed by atoms with Gasteiger partial charge in [0.25, 0.3) is 11.7 Å². The number of aliphatic hydroxyl groups is 1. The number of carboxylic acids is 1. The molecule has 0 saturated carbocycles. The number of carboxylic acid groups (broad SMARTS) is 1. The van der Waals surface area contributed by atoms with Crippen LogP contribution in [0, 0.1) is 0 Å². The maximum Gasteiger partial charge on any atom is 0.303 e. The molecule has 1 saturated heterocycles. The van der Waals surface area contributed by atoms with Gasteiger partial charge in [0.15, 0.2) is 0 Å². The van der Waals surface area contributed by atoms with Crippen molar-refractivity contribution in [1.82, 2.24) is 4.90 Å². The van der Waals surface area contributed by atoms with E-state index in [0.717, 1.165) is 4.47 Å². The Kier molecular flexibility index (Phi) is 7.69. The lowest BCUT2D eigenvalue weighted by molar-refractivity contribution is -0.140. The molecular weight excluding hydrogens is 478 g/mol. The summed E-state index contributed by atoms with van der Waals surface area (Å²) >= 11 is 3.35. The van der Waals surface area contributed by atoms with E-state index in [1.165, 1.54) is 4.90 Å². The number of amides is 1. The number of likely N-dealkylation sites (tertiary alicyclic amines) is 1. The van der Waals surface area contributed by atoms with Crippen molar-refractivity contribution in [3.8, 4) is 5.75 Å². The molecule has 1 atom stereocenters. The molecule has 0 aromatic heterocycles. The Hall–Kier alpha value is -3.13. The van der Waals surface area contributed by atoms with Gasteiger partial charge in [-0.05, 0) is 42.7 Å². The first-order chi connectivity index (χ1) is 15.3. The molecule has 8 heteroatoms. The first kappa shape index (κ1) is 23.5. The van der Waals surface area contributed by atoms with Gasteiger partial charge in [-0.25, -0.2) is 0 Å². The van der Waals surface area contributed by atoms with Gasteiger partial charge in [-0.2, -0.15) is 0 Å². The highest BCUT2D eigenvalue weighted by Gasteiger charge is 2.45. The molecule has 0 spiro atoms. The Morgan fingerprint density at radius 2 is 1.66 bits per heavy atom. The summed E-state index contributed by atoms with van der Waals surface area (Å²) in [5, 5.41) is 19.8. The van der Waals surface area contributed by atoms with Crippen molar-refractivity contribution < 1.29 is 29.3 Å². The predicted molar refractivity (Wildman–Crippen MR) is 122 cm³/mol. The van der Waals surface area contributed by atoms with Crippen LogP contribution in [0.5, 0.6) is 5.75 Å². The molecule has 1 amide bonds. The maximum absolute atomic E-state index is 13.0. The first-order valence-electron chi connectivity index (χ1n) is 10.2. The summed E-state index contributed by atoms with van der Waals surface area (Å²) in [5.41, 5.74) is 1.15. The van der Waals surface area contributed by atoms with Gasteiger partial charge in [-0.3, -0.25) is 14.4 Å². The summed E-state index contributed by atoms with van der Waals surface area (Å²) in [5.74, 6) is -1.88. The highest BCUT2D eigenvalue weighted by molar-refractivity contribution is 9.10. The van der Waals surface area contributed by atoms with Gasteiger partial charge < -0.3 is 19.8 Å². The number of aliphatic hydroxyl groups excluding tert-OH is 1. The standard InChI is InChI=1S/C24H24BrNO6/c1-32-18-12-8-15(9-13-18)21-20(22(29)16-6-10-17(25)11-7-16)23(30)24(31)26(21)14-4-2-3-5-19(27)28/h6-13,21,29H,2-5,14H2,1H3,(H,27,28)/t21-/m1/s1. The van der Waals surface area contributed by atoms with E-state index >= 15 is 0 Å². The zero-order valence-corrected chi connectivity index (χ0v) is 19.2. The normalized spacial score (nSPS) is 17.6. The third-order valence-corrected chi connectivity index (χ3v) is 5.91. The summed E-state index contributed by atoms with van der Waals surface area (Å²) in [6, 6.07) is 13.1. The molecule has 168 valence electrons. The molecule has 1 aliphatic rings. The molecule has 1 fully saturated rings. The van der Waals surface area contributed by atoms with Crippen molar-refractivity contribution in [2.75, 3.05) is 13.7 Å². The minimum atomic E-state index is -0.863. The fraction of sp³-hybridized carbons (Fsp3) is 0.292. The fourth-order valence-electron chi connectivity index (χ4n) is 3.74.